The van der Waals surface area contributed by atoms with Crippen LogP contribution in [-0.4, -0.2) is 26.2 Å². The van der Waals surface area contributed by atoms with E-state index in [0.29, 0.717) is 15.6 Å². The number of benzene rings is 2. The molecule has 0 heterocycles. The molecule has 0 radical (unpaired) electrons. The molecule has 0 unspecified atom stereocenters. The van der Waals surface area contributed by atoms with Crippen molar-refractivity contribution in [3.8, 4) is 6.07 Å². The summed E-state index contributed by atoms with van der Waals surface area (Å²) in [5.74, 6) is -1.72. The summed E-state index contributed by atoms with van der Waals surface area (Å²) in [7, 11) is -4.00. The van der Waals surface area contributed by atoms with Crippen molar-refractivity contribution in [2.24, 2.45) is 5.41 Å². The Kier molecular flexibility index (Phi) is 5.22. The molecule has 3 atom stereocenters. The van der Waals surface area contributed by atoms with Gasteiger partial charge in [-0.25, -0.2) is 8.42 Å². The van der Waals surface area contributed by atoms with Gasteiger partial charge in [-0.3, -0.25) is 4.79 Å². The Morgan fingerprint density at radius 3 is 2.41 bits per heavy atom. The van der Waals surface area contributed by atoms with Gasteiger partial charge >= 0.3 is 5.97 Å². The summed E-state index contributed by atoms with van der Waals surface area (Å²) in [6.07, 6.45) is 0. The molecule has 0 spiro atoms. The summed E-state index contributed by atoms with van der Waals surface area (Å²) in [6, 6.07) is 14.0. The third-order valence-corrected chi connectivity index (χ3v) is 7.34. The lowest BCUT2D eigenvalue weighted by molar-refractivity contribution is -0.147. The maximum absolute atomic E-state index is 13.2. The molecule has 0 amide bonds. The van der Waals surface area contributed by atoms with Crippen molar-refractivity contribution in [3.63, 3.8) is 0 Å². The first kappa shape index (κ1) is 19.7. The number of esters is 1. The van der Waals surface area contributed by atoms with E-state index in [2.05, 4.69) is 0 Å². The van der Waals surface area contributed by atoms with Gasteiger partial charge in [0.1, 0.15) is 5.25 Å². The normalized spacial score (nSPS) is 24.1. The molecule has 27 heavy (non-hydrogen) atoms. The van der Waals surface area contributed by atoms with Crippen molar-refractivity contribution in [2.75, 3.05) is 6.61 Å². The Morgan fingerprint density at radius 1 is 1.19 bits per heavy atom. The van der Waals surface area contributed by atoms with Gasteiger partial charge in [-0.2, -0.15) is 5.26 Å². The van der Waals surface area contributed by atoms with Gasteiger partial charge in [-0.1, -0.05) is 35.3 Å². The number of nitrogens with zero attached hydrogens (tertiary/aromatic N) is 1. The predicted molar refractivity (Wildman–Crippen MR) is 101 cm³/mol. The Bertz CT molecular complexity index is 1030. The van der Waals surface area contributed by atoms with Crippen LogP contribution < -0.4 is 0 Å². The smallest absolute Gasteiger partial charge is 0.328 e. The number of hydrogen-bond acceptors (Lipinski definition) is 5. The zero-order valence-corrected chi connectivity index (χ0v) is 16.6. The third kappa shape index (κ3) is 3.20. The van der Waals surface area contributed by atoms with Crippen LogP contribution in [0.3, 0.4) is 0 Å². The van der Waals surface area contributed by atoms with Crippen LogP contribution in [-0.2, 0) is 19.4 Å². The molecule has 0 N–H and O–H groups in total. The molecular weight excluding hydrogens is 409 g/mol. The highest BCUT2D eigenvalue weighted by atomic mass is 35.5. The molecule has 1 fully saturated rings. The minimum atomic E-state index is -4.00. The number of carbonyl (C=O) groups excluding carboxylic acids is 1. The van der Waals surface area contributed by atoms with Crippen molar-refractivity contribution in [1.29, 1.82) is 5.26 Å². The Morgan fingerprint density at radius 2 is 1.85 bits per heavy atom. The number of rotatable bonds is 5. The molecule has 0 aliphatic heterocycles. The minimum Gasteiger partial charge on any atom is -0.465 e. The molecule has 5 nitrogen and oxygen atoms in total. The van der Waals surface area contributed by atoms with Gasteiger partial charge in [0, 0.05) is 16.0 Å². The van der Waals surface area contributed by atoms with Gasteiger partial charge in [0.05, 0.1) is 17.6 Å². The van der Waals surface area contributed by atoms with Gasteiger partial charge in [0.2, 0.25) is 0 Å². The maximum atomic E-state index is 13.2. The van der Waals surface area contributed by atoms with Crippen molar-refractivity contribution in [1.82, 2.24) is 0 Å². The first-order valence-corrected chi connectivity index (χ1v) is 10.4. The lowest BCUT2D eigenvalue weighted by Gasteiger charge is -2.09. The zero-order chi connectivity index (χ0) is 19.8. The summed E-state index contributed by atoms with van der Waals surface area (Å²) in [5.41, 5.74) is -1.32. The highest BCUT2D eigenvalue weighted by molar-refractivity contribution is 7.92. The Labute approximate surface area is 167 Å². The van der Waals surface area contributed by atoms with Crippen molar-refractivity contribution in [3.05, 3.63) is 64.1 Å². The molecule has 140 valence electrons. The highest BCUT2D eigenvalue weighted by Crippen LogP contribution is 2.64. The Balaban J connectivity index is 2.14. The maximum Gasteiger partial charge on any atom is 0.328 e. The number of halogens is 2. The number of nitriles is 1. The second kappa shape index (κ2) is 7.16. The number of hydrogen-bond donors (Lipinski definition) is 0. The fraction of sp³-hybridized carbons (Fsp3) is 0.263. The number of sulfone groups is 1. The van der Waals surface area contributed by atoms with E-state index >= 15 is 0 Å². The second-order valence-electron chi connectivity index (χ2n) is 6.15. The fourth-order valence-electron chi connectivity index (χ4n) is 3.36. The first-order valence-electron chi connectivity index (χ1n) is 8.12. The van der Waals surface area contributed by atoms with Gasteiger partial charge in [-0.15, -0.1) is 0 Å². The van der Waals surface area contributed by atoms with Crippen LogP contribution in [0.2, 0.25) is 10.0 Å². The standard InChI is InChI=1S/C19H15Cl2NO4S/c1-2-26-18(23)19(11-22)16(12-4-3-5-14(21)10-12)17(19)27(24,25)15-8-6-13(20)7-9-15/h3-10,16-17H,2H2,1H3/t16-,17+,19-/m1/s1. The van der Waals surface area contributed by atoms with E-state index in [0.717, 1.165) is 0 Å². The summed E-state index contributed by atoms with van der Waals surface area (Å²) in [5, 5.41) is 9.31. The van der Waals surface area contributed by atoms with E-state index in [1.54, 1.807) is 31.2 Å². The molecule has 2 aromatic carbocycles. The van der Waals surface area contributed by atoms with E-state index in [1.807, 2.05) is 6.07 Å². The molecule has 8 heteroatoms. The molecule has 3 rings (SSSR count). The lowest BCUT2D eigenvalue weighted by Crippen LogP contribution is -2.25. The van der Waals surface area contributed by atoms with Crippen molar-refractivity contribution in [2.45, 2.75) is 23.0 Å². The second-order valence-corrected chi connectivity index (χ2v) is 9.10. The molecule has 0 bridgehead atoms. The van der Waals surface area contributed by atoms with Gasteiger partial charge in [0.25, 0.3) is 0 Å². The molecule has 2 aromatic rings. The number of ether oxygens (including phenoxy) is 1. The molecule has 1 saturated carbocycles. The summed E-state index contributed by atoms with van der Waals surface area (Å²) in [6.45, 7) is 1.64. The monoisotopic (exact) mass is 423 g/mol. The summed E-state index contributed by atoms with van der Waals surface area (Å²) < 4.78 is 31.5. The summed E-state index contributed by atoms with van der Waals surface area (Å²) >= 11 is 11.9. The van der Waals surface area contributed by atoms with Crippen LogP contribution in [0, 0.1) is 16.7 Å². The average Bonchev–Trinajstić information content (AvgIpc) is 3.34. The van der Waals surface area contributed by atoms with Crippen LogP contribution in [0.15, 0.2) is 53.4 Å². The van der Waals surface area contributed by atoms with Crippen molar-refractivity contribution >= 4 is 39.0 Å². The molecule has 0 aromatic heterocycles. The average molecular weight is 424 g/mol. The van der Waals surface area contributed by atoms with Crippen LogP contribution >= 0.6 is 23.2 Å². The SMILES string of the molecule is CCOC(=O)[C@]1(C#N)[C@H](c2cccc(Cl)c2)[C@@H]1S(=O)(=O)c1ccc(Cl)cc1. The van der Waals surface area contributed by atoms with E-state index in [-0.39, 0.29) is 11.5 Å². The summed E-state index contributed by atoms with van der Waals surface area (Å²) in [4.78, 5) is 12.6. The molecular formula is C19H15Cl2NO4S. The Hall–Kier alpha value is -2.07. The van der Waals surface area contributed by atoms with Crippen LogP contribution in [0.25, 0.3) is 0 Å². The van der Waals surface area contributed by atoms with E-state index in [1.165, 1.54) is 24.3 Å². The van der Waals surface area contributed by atoms with Gasteiger partial charge < -0.3 is 4.74 Å². The molecule has 1 aliphatic rings. The molecule has 1 aliphatic carbocycles. The number of carbonyl (C=O) groups is 1. The van der Waals surface area contributed by atoms with Gasteiger partial charge in [0.15, 0.2) is 15.3 Å². The quantitative estimate of drug-likeness (QED) is 0.678. The third-order valence-electron chi connectivity index (χ3n) is 4.62. The van der Waals surface area contributed by atoms with Crippen molar-refractivity contribution < 1.29 is 17.9 Å². The van der Waals surface area contributed by atoms with Crippen LogP contribution in [0.4, 0.5) is 0 Å². The largest absolute Gasteiger partial charge is 0.465 e. The zero-order valence-electron chi connectivity index (χ0n) is 14.2. The van der Waals surface area contributed by atoms with Crippen LogP contribution in [0.1, 0.15) is 18.4 Å². The fourth-order valence-corrected chi connectivity index (χ4v) is 5.93. The predicted octanol–water partition coefficient (Wildman–Crippen LogP) is 4.01. The van der Waals surface area contributed by atoms with E-state index < -0.39 is 32.4 Å². The van der Waals surface area contributed by atoms with Gasteiger partial charge in [-0.05, 0) is 48.9 Å². The van der Waals surface area contributed by atoms with E-state index in [4.69, 9.17) is 27.9 Å². The lowest BCUT2D eigenvalue weighted by atomic mass is 10.0. The highest BCUT2D eigenvalue weighted by Gasteiger charge is 2.77. The molecule has 0 saturated heterocycles. The van der Waals surface area contributed by atoms with Crippen LogP contribution in [0.5, 0.6) is 0 Å². The minimum absolute atomic E-state index is 0.00893. The first-order chi connectivity index (χ1) is 12.8. The topological polar surface area (TPSA) is 84.2 Å². The van der Waals surface area contributed by atoms with E-state index in [9.17, 15) is 18.5 Å².